The molecule has 6 heteroatoms. The molecule has 0 spiro atoms. The van der Waals surface area contributed by atoms with Crippen LogP contribution in [0, 0.1) is 6.92 Å². The fourth-order valence-electron chi connectivity index (χ4n) is 2.84. The average Bonchev–Trinajstić information content (AvgIpc) is 2.93. The van der Waals surface area contributed by atoms with Crippen molar-refractivity contribution in [2.45, 2.75) is 13.8 Å². The molecular formula is C21H20O6. The van der Waals surface area contributed by atoms with Crippen molar-refractivity contribution < 1.29 is 28.5 Å². The molecule has 1 aliphatic heterocycles. The Bertz CT molecular complexity index is 913. The standard InChI is InChI=1S/C21H20O6/c1-4-25-16-8-6-5-7-14(16)10-18-21(23)20-13(2)9-15(11-17(20)27-18)26-19(22)12-24-3/h5-11H,4,12H2,1-3H3/b18-10-. The molecule has 0 fully saturated rings. The molecule has 6 nitrogen and oxygen atoms in total. The number of ether oxygens (including phenoxy) is 4. The second-order valence-electron chi connectivity index (χ2n) is 5.93. The number of benzene rings is 2. The summed E-state index contributed by atoms with van der Waals surface area (Å²) < 4.78 is 21.3. The number of Topliss-reactive ketones (excluding diaryl/α,β-unsaturated/α-hetero) is 1. The third-order valence-electron chi connectivity index (χ3n) is 3.94. The molecule has 0 bridgehead atoms. The molecule has 0 radical (unpaired) electrons. The molecule has 0 unspecified atom stereocenters. The number of fused-ring (bicyclic) bond motifs is 1. The van der Waals surface area contributed by atoms with Gasteiger partial charge in [-0.1, -0.05) is 18.2 Å². The van der Waals surface area contributed by atoms with Crippen molar-refractivity contribution in [2.24, 2.45) is 0 Å². The maximum atomic E-state index is 12.8. The highest BCUT2D eigenvalue weighted by molar-refractivity contribution is 6.15. The number of carbonyl (C=O) groups excluding carboxylic acids is 2. The maximum absolute atomic E-state index is 12.8. The molecule has 0 saturated heterocycles. The van der Waals surface area contributed by atoms with Gasteiger partial charge in [0.05, 0.1) is 12.2 Å². The van der Waals surface area contributed by atoms with Crippen molar-refractivity contribution in [3.8, 4) is 17.2 Å². The number of para-hydroxylation sites is 1. The largest absolute Gasteiger partial charge is 0.493 e. The van der Waals surface area contributed by atoms with Gasteiger partial charge in [0, 0.05) is 18.7 Å². The third-order valence-corrected chi connectivity index (χ3v) is 3.94. The zero-order chi connectivity index (χ0) is 19.4. The number of hydrogen-bond donors (Lipinski definition) is 0. The zero-order valence-corrected chi connectivity index (χ0v) is 15.4. The molecular weight excluding hydrogens is 348 g/mol. The van der Waals surface area contributed by atoms with Gasteiger partial charge in [0.15, 0.2) is 5.76 Å². The summed E-state index contributed by atoms with van der Waals surface area (Å²) in [6.45, 7) is 4.03. The van der Waals surface area contributed by atoms with E-state index >= 15 is 0 Å². The van der Waals surface area contributed by atoms with Crippen LogP contribution in [0.1, 0.15) is 28.4 Å². The van der Waals surface area contributed by atoms with Gasteiger partial charge in [0.25, 0.3) is 0 Å². The Morgan fingerprint density at radius 3 is 2.74 bits per heavy atom. The Kier molecular flexibility index (Phi) is 5.57. The van der Waals surface area contributed by atoms with E-state index in [-0.39, 0.29) is 18.1 Å². The van der Waals surface area contributed by atoms with E-state index in [9.17, 15) is 9.59 Å². The van der Waals surface area contributed by atoms with Crippen LogP contribution in [0.5, 0.6) is 17.2 Å². The predicted octanol–water partition coefficient (Wildman–Crippen LogP) is 3.56. The first-order chi connectivity index (χ1) is 13.0. The fourth-order valence-corrected chi connectivity index (χ4v) is 2.84. The highest BCUT2D eigenvalue weighted by Gasteiger charge is 2.30. The molecule has 0 aliphatic carbocycles. The summed E-state index contributed by atoms with van der Waals surface area (Å²) in [6.07, 6.45) is 1.66. The van der Waals surface area contributed by atoms with Gasteiger partial charge in [-0.3, -0.25) is 4.79 Å². The number of ketones is 1. The molecule has 1 aliphatic rings. The van der Waals surface area contributed by atoms with Crippen molar-refractivity contribution in [3.05, 3.63) is 58.8 Å². The molecule has 3 rings (SSSR count). The van der Waals surface area contributed by atoms with Crippen LogP contribution < -0.4 is 14.2 Å². The normalized spacial score (nSPS) is 14.0. The van der Waals surface area contributed by atoms with Crippen molar-refractivity contribution in [1.29, 1.82) is 0 Å². The van der Waals surface area contributed by atoms with Gasteiger partial charge in [0.1, 0.15) is 23.9 Å². The summed E-state index contributed by atoms with van der Waals surface area (Å²) in [7, 11) is 1.41. The van der Waals surface area contributed by atoms with Crippen LogP contribution in [-0.2, 0) is 9.53 Å². The molecule has 2 aromatic rings. The number of aryl methyl sites for hydroxylation is 1. The molecule has 140 valence electrons. The van der Waals surface area contributed by atoms with E-state index < -0.39 is 5.97 Å². The van der Waals surface area contributed by atoms with E-state index in [2.05, 4.69) is 0 Å². The lowest BCUT2D eigenvalue weighted by Crippen LogP contribution is -2.14. The predicted molar refractivity (Wildman–Crippen MR) is 99.2 cm³/mol. The second-order valence-corrected chi connectivity index (χ2v) is 5.93. The highest BCUT2D eigenvalue weighted by Crippen LogP contribution is 2.38. The fraction of sp³-hybridized carbons (Fsp3) is 0.238. The molecule has 0 aromatic heterocycles. The maximum Gasteiger partial charge on any atom is 0.337 e. The number of hydrogen-bond acceptors (Lipinski definition) is 6. The number of rotatable bonds is 6. The van der Waals surface area contributed by atoms with Gasteiger partial charge in [-0.25, -0.2) is 4.79 Å². The third kappa shape index (κ3) is 4.01. The molecule has 1 heterocycles. The van der Waals surface area contributed by atoms with Crippen LogP contribution in [0.25, 0.3) is 6.08 Å². The minimum absolute atomic E-state index is 0.157. The van der Waals surface area contributed by atoms with E-state index in [1.54, 1.807) is 19.1 Å². The number of allylic oxidation sites excluding steroid dienone is 1. The lowest BCUT2D eigenvalue weighted by molar-refractivity contribution is -0.138. The van der Waals surface area contributed by atoms with E-state index in [1.165, 1.54) is 13.2 Å². The van der Waals surface area contributed by atoms with Gasteiger partial charge in [-0.15, -0.1) is 0 Å². The van der Waals surface area contributed by atoms with Crippen LogP contribution in [0.15, 0.2) is 42.2 Å². The summed E-state index contributed by atoms with van der Waals surface area (Å²) >= 11 is 0. The molecule has 0 amide bonds. The van der Waals surface area contributed by atoms with Crippen LogP contribution >= 0.6 is 0 Å². The Hall–Kier alpha value is -3.12. The first-order valence-electron chi connectivity index (χ1n) is 8.53. The Balaban J connectivity index is 1.91. The Morgan fingerprint density at radius 1 is 1.22 bits per heavy atom. The first-order valence-corrected chi connectivity index (χ1v) is 8.53. The first kappa shape index (κ1) is 18.7. The monoisotopic (exact) mass is 368 g/mol. The second kappa shape index (κ2) is 8.05. The Morgan fingerprint density at radius 2 is 2.00 bits per heavy atom. The van der Waals surface area contributed by atoms with Crippen LogP contribution in [-0.4, -0.2) is 32.1 Å². The molecule has 2 aromatic carbocycles. The Labute approximate surface area is 157 Å². The minimum Gasteiger partial charge on any atom is -0.493 e. The molecule has 0 N–H and O–H groups in total. The minimum atomic E-state index is -0.525. The van der Waals surface area contributed by atoms with Crippen LogP contribution in [0.3, 0.4) is 0 Å². The highest BCUT2D eigenvalue weighted by atomic mass is 16.6. The summed E-state index contributed by atoms with van der Waals surface area (Å²) in [4.78, 5) is 24.4. The van der Waals surface area contributed by atoms with Crippen molar-refractivity contribution >= 4 is 17.8 Å². The van der Waals surface area contributed by atoms with Gasteiger partial charge < -0.3 is 18.9 Å². The summed E-state index contributed by atoms with van der Waals surface area (Å²) in [5.41, 5.74) is 1.88. The number of methoxy groups -OCH3 is 1. The number of carbonyl (C=O) groups is 2. The molecule has 27 heavy (non-hydrogen) atoms. The summed E-state index contributed by atoms with van der Waals surface area (Å²) in [6, 6.07) is 10.6. The quantitative estimate of drug-likeness (QED) is 0.441. The van der Waals surface area contributed by atoms with Crippen molar-refractivity contribution in [2.75, 3.05) is 20.3 Å². The lowest BCUT2D eigenvalue weighted by Gasteiger charge is -2.07. The van der Waals surface area contributed by atoms with Crippen molar-refractivity contribution in [3.63, 3.8) is 0 Å². The average molecular weight is 368 g/mol. The molecule has 0 saturated carbocycles. The number of esters is 1. The zero-order valence-electron chi connectivity index (χ0n) is 15.4. The summed E-state index contributed by atoms with van der Waals surface area (Å²) in [5.74, 6) is 0.787. The van der Waals surface area contributed by atoms with Crippen LogP contribution in [0.4, 0.5) is 0 Å². The lowest BCUT2D eigenvalue weighted by atomic mass is 10.0. The van der Waals surface area contributed by atoms with Crippen molar-refractivity contribution in [1.82, 2.24) is 0 Å². The SMILES string of the molecule is CCOc1ccccc1/C=C1\Oc2cc(OC(=O)COC)cc(C)c2C1=O. The van der Waals surface area contributed by atoms with E-state index in [0.717, 1.165) is 5.56 Å². The van der Waals surface area contributed by atoms with E-state index in [0.29, 0.717) is 35.0 Å². The van der Waals surface area contributed by atoms with Crippen LogP contribution in [0.2, 0.25) is 0 Å². The van der Waals surface area contributed by atoms with Gasteiger partial charge in [0.2, 0.25) is 5.78 Å². The molecule has 0 atom stereocenters. The summed E-state index contributed by atoms with van der Waals surface area (Å²) in [5, 5.41) is 0. The van der Waals surface area contributed by atoms with E-state index in [1.807, 2.05) is 31.2 Å². The van der Waals surface area contributed by atoms with Gasteiger partial charge in [-0.05, 0) is 37.6 Å². The topological polar surface area (TPSA) is 71.1 Å². The van der Waals surface area contributed by atoms with Gasteiger partial charge >= 0.3 is 5.97 Å². The van der Waals surface area contributed by atoms with Gasteiger partial charge in [-0.2, -0.15) is 0 Å². The van der Waals surface area contributed by atoms with E-state index in [4.69, 9.17) is 18.9 Å². The smallest absolute Gasteiger partial charge is 0.337 e.